The summed E-state index contributed by atoms with van der Waals surface area (Å²) in [7, 11) is 0. The highest BCUT2D eigenvalue weighted by Crippen LogP contribution is 2.21. The summed E-state index contributed by atoms with van der Waals surface area (Å²) in [6, 6.07) is 8.86. The second-order valence-electron chi connectivity index (χ2n) is 5.97. The molecule has 0 spiro atoms. The van der Waals surface area contributed by atoms with Crippen LogP contribution in [0.2, 0.25) is 0 Å². The Balaban J connectivity index is 1.81. The number of piperidine rings is 1. The Morgan fingerprint density at radius 3 is 2.52 bits per heavy atom. The van der Waals surface area contributed by atoms with Crippen LogP contribution in [-0.2, 0) is 0 Å². The highest BCUT2D eigenvalue weighted by atomic mass is 19.4. The smallest absolute Gasteiger partial charge is 0.307 e. The van der Waals surface area contributed by atoms with Gasteiger partial charge in [0.1, 0.15) is 0 Å². The summed E-state index contributed by atoms with van der Waals surface area (Å²) in [6.07, 6.45) is -2.55. The first-order valence-corrected chi connectivity index (χ1v) is 7.45. The van der Waals surface area contributed by atoms with Gasteiger partial charge in [0.05, 0.1) is 6.54 Å². The van der Waals surface area contributed by atoms with Gasteiger partial charge in [0.25, 0.3) is 0 Å². The lowest BCUT2D eigenvalue weighted by atomic mass is 10.0. The molecular formula is C16H23F3N2. The van der Waals surface area contributed by atoms with Crippen LogP contribution in [0, 0.1) is 6.92 Å². The molecule has 1 aromatic carbocycles. The first-order valence-electron chi connectivity index (χ1n) is 7.45. The van der Waals surface area contributed by atoms with Crippen LogP contribution in [0.15, 0.2) is 24.3 Å². The van der Waals surface area contributed by atoms with E-state index in [1.165, 1.54) is 16.0 Å². The molecular weight excluding hydrogens is 277 g/mol. The van der Waals surface area contributed by atoms with Crippen molar-refractivity contribution in [3.05, 3.63) is 35.4 Å². The number of rotatable bonds is 4. The zero-order valence-electron chi connectivity index (χ0n) is 12.6. The number of halogens is 3. The molecule has 1 atom stereocenters. The maximum absolute atomic E-state index is 12.3. The number of benzene rings is 1. The summed E-state index contributed by atoms with van der Waals surface area (Å²) in [5, 5.41) is 3.54. The molecule has 1 aliphatic heterocycles. The topological polar surface area (TPSA) is 15.3 Å². The number of hydrogen-bond donors (Lipinski definition) is 1. The van der Waals surface area contributed by atoms with Crippen LogP contribution < -0.4 is 5.32 Å². The molecule has 1 heterocycles. The van der Waals surface area contributed by atoms with Crippen molar-refractivity contribution in [2.45, 2.75) is 44.9 Å². The van der Waals surface area contributed by atoms with Gasteiger partial charge in [0, 0.05) is 12.1 Å². The van der Waals surface area contributed by atoms with E-state index in [4.69, 9.17) is 0 Å². The molecule has 2 nitrogen and oxygen atoms in total. The summed E-state index contributed by atoms with van der Waals surface area (Å²) in [4.78, 5) is 1.50. The number of hydrogen-bond acceptors (Lipinski definition) is 2. The van der Waals surface area contributed by atoms with Gasteiger partial charge < -0.3 is 5.32 Å². The van der Waals surface area contributed by atoms with Crippen molar-refractivity contribution in [1.29, 1.82) is 0 Å². The van der Waals surface area contributed by atoms with Gasteiger partial charge in [-0.05, 0) is 45.3 Å². The summed E-state index contributed by atoms with van der Waals surface area (Å²) in [5.74, 6) is 0. The van der Waals surface area contributed by atoms with Crippen LogP contribution in [0.1, 0.15) is 36.9 Å². The molecule has 0 unspecified atom stereocenters. The molecule has 0 bridgehead atoms. The third-order valence-corrected chi connectivity index (χ3v) is 4.02. The van der Waals surface area contributed by atoms with Crippen molar-refractivity contribution < 1.29 is 13.2 Å². The van der Waals surface area contributed by atoms with E-state index < -0.39 is 12.7 Å². The maximum atomic E-state index is 12.3. The molecule has 1 N–H and O–H groups in total. The van der Waals surface area contributed by atoms with E-state index in [0.717, 1.165) is 12.8 Å². The largest absolute Gasteiger partial charge is 0.401 e. The molecule has 21 heavy (non-hydrogen) atoms. The summed E-state index contributed by atoms with van der Waals surface area (Å²) >= 11 is 0. The van der Waals surface area contributed by atoms with E-state index in [2.05, 4.69) is 37.4 Å². The van der Waals surface area contributed by atoms with Gasteiger partial charge >= 0.3 is 6.18 Å². The fourth-order valence-electron chi connectivity index (χ4n) is 2.90. The van der Waals surface area contributed by atoms with E-state index in [1.54, 1.807) is 0 Å². The number of likely N-dealkylation sites (tertiary alicyclic amines) is 1. The molecule has 2 rings (SSSR count). The second-order valence-corrected chi connectivity index (χ2v) is 5.97. The maximum Gasteiger partial charge on any atom is 0.401 e. The molecule has 118 valence electrons. The Labute approximate surface area is 124 Å². The molecule has 5 heteroatoms. The molecule has 0 aliphatic carbocycles. The Morgan fingerprint density at radius 2 is 1.95 bits per heavy atom. The standard InChI is InChI=1S/C16H23F3N2/c1-12-4-3-5-14(10-12)13(2)20-15-6-8-21(9-7-15)11-16(17,18)19/h3-5,10,13,15,20H,6-9,11H2,1-2H3/t13-/m0/s1. The van der Waals surface area contributed by atoms with Crippen molar-refractivity contribution in [2.75, 3.05) is 19.6 Å². The molecule has 0 aromatic heterocycles. The van der Waals surface area contributed by atoms with Crippen molar-refractivity contribution in [3.63, 3.8) is 0 Å². The highest BCUT2D eigenvalue weighted by molar-refractivity contribution is 5.24. The van der Waals surface area contributed by atoms with Crippen LogP contribution in [0.25, 0.3) is 0 Å². The van der Waals surface area contributed by atoms with Gasteiger partial charge in [-0.1, -0.05) is 29.8 Å². The Bertz CT molecular complexity index is 451. The second kappa shape index (κ2) is 6.79. The van der Waals surface area contributed by atoms with Crippen molar-refractivity contribution in [2.24, 2.45) is 0 Å². The predicted octanol–water partition coefficient (Wildman–Crippen LogP) is 3.67. The van der Waals surface area contributed by atoms with Crippen LogP contribution in [0.5, 0.6) is 0 Å². The lowest BCUT2D eigenvalue weighted by Gasteiger charge is -2.34. The van der Waals surface area contributed by atoms with Gasteiger partial charge in [0.2, 0.25) is 0 Å². The quantitative estimate of drug-likeness (QED) is 0.912. The third-order valence-electron chi connectivity index (χ3n) is 4.02. The van der Waals surface area contributed by atoms with Crippen LogP contribution in [0.3, 0.4) is 0 Å². The average Bonchev–Trinajstić information content (AvgIpc) is 2.39. The zero-order chi connectivity index (χ0) is 15.5. The van der Waals surface area contributed by atoms with E-state index in [-0.39, 0.29) is 6.04 Å². The summed E-state index contributed by atoms with van der Waals surface area (Å²) in [5.41, 5.74) is 2.45. The van der Waals surface area contributed by atoms with Gasteiger partial charge in [-0.3, -0.25) is 4.90 Å². The van der Waals surface area contributed by atoms with E-state index in [0.29, 0.717) is 19.1 Å². The van der Waals surface area contributed by atoms with Crippen LogP contribution in [-0.4, -0.2) is 36.8 Å². The van der Waals surface area contributed by atoms with Gasteiger partial charge in [-0.2, -0.15) is 13.2 Å². The van der Waals surface area contributed by atoms with Gasteiger partial charge in [0.15, 0.2) is 0 Å². The molecule has 0 amide bonds. The molecule has 0 radical (unpaired) electrons. The SMILES string of the molecule is Cc1cccc([C@H](C)NC2CCN(CC(F)(F)F)CC2)c1. The molecule has 0 saturated carbocycles. The number of nitrogens with zero attached hydrogens (tertiary/aromatic N) is 1. The van der Waals surface area contributed by atoms with E-state index in [9.17, 15) is 13.2 Å². The fourth-order valence-corrected chi connectivity index (χ4v) is 2.90. The van der Waals surface area contributed by atoms with Gasteiger partial charge in [-0.25, -0.2) is 0 Å². The molecule has 1 aliphatic rings. The fraction of sp³-hybridized carbons (Fsp3) is 0.625. The Kier molecular flexibility index (Phi) is 5.27. The molecule has 1 saturated heterocycles. The number of aryl methyl sites for hydroxylation is 1. The lowest BCUT2D eigenvalue weighted by molar-refractivity contribution is -0.148. The zero-order valence-corrected chi connectivity index (χ0v) is 12.6. The van der Waals surface area contributed by atoms with E-state index >= 15 is 0 Å². The minimum Gasteiger partial charge on any atom is -0.307 e. The monoisotopic (exact) mass is 300 g/mol. The summed E-state index contributed by atoms with van der Waals surface area (Å²) < 4.78 is 37.0. The van der Waals surface area contributed by atoms with E-state index in [1.807, 2.05) is 6.07 Å². The highest BCUT2D eigenvalue weighted by Gasteiger charge is 2.32. The molecule has 1 aromatic rings. The number of alkyl halides is 3. The van der Waals surface area contributed by atoms with Crippen molar-refractivity contribution in [3.8, 4) is 0 Å². The predicted molar refractivity (Wildman–Crippen MR) is 78.2 cm³/mol. The Hall–Kier alpha value is -1.07. The third kappa shape index (κ3) is 5.32. The minimum absolute atomic E-state index is 0.226. The first kappa shape index (κ1) is 16.3. The minimum atomic E-state index is -4.09. The summed E-state index contributed by atoms with van der Waals surface area (Å²) in [6.45, 7) is 4.41. The molecule has 1 fully saturated rings. The normalized spacial score (nSPS) is 19.7. The lowest BCUT2D eigenvalue weighted by Crippen LogP contribution is -2.46. The van der Waals surface area contributed by atoms with Crippen LogP contribution in [0.4, 0.5) is 13.2 Å². The van der Waals surface area contributed by atoms with Crippen molar-refractivity contribution >= 4 is 0 Å². The number of nitrogens with one attached hydrogen (secondary N) is 1. The van der Waals surface area contributed by atoms with Crippen molar-refractivity contribution in [1.82, 2.24) is 10.2 Å². The Morgan fingerprint density at radius 1 is 1.29 bits per heavy atom. The van der Waals surface area contributed by atoms with Gasteiger partial charge in [-0.15, -0.1) is 0 Å². The van der Waals surface area contributed by atoms with Crippen LogP contribution >= 0.6 is 0 Å². The average molecular weight is 300 g/mol. The first-order chi connectivity index (χ1) is 9.83.